The van der Waals surface area contributed by atoms with Gasteiger partial charge in [0.15, 0.2) is 0 Å². The number of aromatic nitrogens is 1. The predicted octanol–water partition coefficient (Wildman–Crippen LogP) is 4.29. The number of fused-ring (bicyclic) bond motifs is 3. The molecule has 1 aromatic heterocycles. The zero-order valence-corrected chi connectivity index (χ0v) is 12.4. The molecule has 1 atom stereocenters. The van der Waals surface area contributed by atoms with Crippen LogP contribution in [0.3, 0.4) is 0 Å². The summed E-state index contributed by atoms with van der Waals surface area (Å²) in [6, 6.07) is 3.46. The number of hydrogen-bond acceptors (Lipinski definition) is 2. The Labute approximate surface area is 123 Å². The van der Waals surface area contributed by atoms with E-state index in [1.165, 1.54) is 6.07 Å². The standard InChI is InChI=1S/C17H19FN2O/c1-3-4-5-14-17-11(6-7-21-14)15-12(9-19)13(18)8-10(2)16(15)20-17/h8,14,20H,3-7H2,1-2H3. The van der Waals surface area contributed by atoms with E-state index in [-0.39, 0.29) is 11.7 Å². The van der Waals surface area contributed by atoms with E-state index in [1.54, 1.807) is 0 Å². The van der Waals surface area contributed by atoms with Gasteiger partial charge in [-0.15, -0.1) is 0 Å². The highest BCUT2D eigenvalue weighted by molar-refractivity contribution is 5.92. The van der Waals surface area contributed by atoms with E-state index in [0.29, 0.717) is 6.61 Å². The van der Waals surface area contributed by atoms with Crippen LogP contribution in [0, 0.1) is 24.1 Å². The van der Waals surface area contributed by atoms with Crippen molar-refractivity contribution in [1.82, 2.24) is 4.98 Å². The first-order valence-corrected chi connectivity index (χ1v) is 7.52. The number of nitrogens with zero attached hydrogens (tertiary/aromatic N) is 1. The van der Waals surface area contributed by atoms with Crippen molar-refractivity contribution in [1.29, 1.82) is 5.26 Å². The van der Waals surface area contributed by atoms with Gasteiger partial charge in [0.1, 0.15) is 11.9 Å². The van der Waals surface area contributed by atoms with Gasteiger partial charge in [0, 0.05) is 11.1 Å². The zero-order valence-electron chi connectivity index (χ0n) is 12.4. The van der Waals surface area contributed by atoms with Gasteiger partial charge >= 0.3 is 0 Å². The first-order valence-electron chi connectivity index (χ1n) is 7.52. The van der Waals surface area contributed by atoms with E-state index < -0.39 is 5.82 Å². The topological polar surface area (TPSA) is 48.8 Å². The Morgan fingerprint density at radius 3 is 3.05 bits per heavy atom. The number of nitriles is 1. The maximum absolute atomic E-state index is 14.1. The Hall–Kier alpha value is -1.86. The molecule has 0 aliphatic carbocycles. The van der Waals surface area contributed by atoms with Crippen LogP contribution in [0.1, 0.15) is 54.7 Å². The molecule has 0 radical (unpaired) electrons. The van der Waals surface area contributed by atoms with Crippen LogP contribution in [-0.4, -0.2) is 11.6 Å². The highest BCUT2D eigenvalue weighted by atomic mass is 19.1. The lowest BCUT2D eigenvalue weighted by atomic mass is 9.96. The van der Waals surface area contributed by atoms with Gasteiger partial charge in [0.05, 0.1) is 23.8 Å². The monoisotopic (exact) mass is 286 g/mol. The number of rotatable bonds is 3. The Balaban J connectivity index is 2.22. The number of H-pyrrole nitrogens is 1. The van der Waals surface area contributed by atoms with Crippen LogP contribution >= 0.6 is 0 Å². The second-order valence-corrected chi connectivity index (χ2v) is 5.68. The lowest BCUT2D eigenvalue weighted by Crippen LogP contribution is -2.15. The van der Waals surface area contributed by atoms with Crippen LogP contribution in [0.15, 0.2) is 6.07 Å². The SMILES string of the molecule is CCCCC1OCCc2c1[nH]c1c(C)cc(F)c(C#N)c21. The molecule has 3 rings (SSSR count). The van der Waals surface area contributed by atoms with Crippen molar-refractivity contribution in [2.45, 2.75) is 45.6 Å². The van der Waals surface area contributed by atoms with Crippen LogP contribution in [0.4, 0.5) is 4.39 Å². The van der Waals surface area contributed by atoms with E-state index in [9.17, 15) is 9.65 Å². The number of benzene rings is 1. The molecule has 1 unspecified atom stereocenters. The molecular formula is C17H19FN2O. The van der Waals surface area contributed by atoms with Gasteiger partial charge in [-0.3, -0.25) is 0 Å². The predicted molar refractivity (Wildman–Crippen MR) is 79.6 cm³/mol. The lowest BCUT2D eigenvalue weighted by molar-refractivity contribution is 0.0329. The fourth-order valence-electron chi connectivity index (χ4n) is 3.23. The van der Waals surface area contributed by atoms with Gasteiger partial charge in [0.25, 0.3) is 0 Å². The molecule has 0 fully saturated rings. The molecule has 0 bridgehead atoms. The number of unbranched alkanes of at least 4 members (excludes halogenated alkanes) is 1. The fourth-order valence-corrected chi connectivity index (χ4v) is 3.23. The number of aryl methyl sites for hydroxylation is 1. The summed E-state index contributed by atoms with van der Waals surface area (Å²) in [5.41, 5.74) is 3.98. The number of hydrogen-bond donors (Lipinski definition) is 1. The molecule has 1 N–H and O–H groups in total. The summed E-state index contributed by atoms with van der Waals surface area (Å²) in [5.74, 6) is -0.430. The van der Waals surface area contributed by atoms with Crippen molar-refractivity contribution < 1.29 is 9.13 Å². The van der Waals surface area contributed by atoms with Crippen molar-refractivity contribution in [3.63, 3.8) is 0 Å². The number of halogens is 1. The van der Waals surface area contributed by atoms with E-state index in [0.717, 1.165) is 53.4 Å². The third kappa shape index (κ3) is 2.22. The van der Waals surface area contributed by atoms with E-state index in [4.69, 9.17) is 4.74 Å². The normalized spacial score (nSPS) is 17.7. The van der Waals surface area contributed by atoms with Crippen LogP contribution in [0.2, 0.25) is 0 Å². The molecule has 1 aromatic carbocycles. The average molecular weight is 286 g/mol. The number of aromatic amines is 1. The van der Waals surface area contributed by atoms with Crippen molar-refractivity contribution >= 4 is 10.9 Å². The molecule has 4 heteroatoms. The smallest absolute Gasteiger partial charge is 0.141 e. The summed E-state index contributed by atoms with van der Waals surface area (Å²) in [5, 5.41) is 10.1. The van der Waals surface area contributed by atoms with Gasteiger partial charge in [-0.1, -0.05) is 19.8 Å². The Morgan fingerprint density at radius 2 is 2.33 bits per heavy atom. The average Bonchev–Trinajstić information content (AvgIpc) is 2.86. The Kier molecular flexibility index (Phi) is 3.69. The van der Waals surface area contributed by atoms with Gasteiger partial charge < -0.3 is 9.72 Å². The summed E-state index contributed by atoms with van der Waals surface area (Å²) < 4.78 is 19.9. The second kappa shape index (κ2) is 5.50. The third-order valence-electron chi connectivity index (χ3n) is 4.29. The minimum atomic E-state index is -0.430. The molecule has 3 nitrogen and oxygen atoms in total. The maximum Gasteiger partial charge on any atom is 0.141 e. The maximum atomic E-state index is 14.1. The minimum absolute atomic E-state index is 0.0371. The summed E-state index contributed by atoms with van der Waals surface area (Å²) in [6.45, 7) is 4.66. The minimum Gasteiger partial charge on any atom is -0.372 e. The van der Waals surface area contributed by atoms with Gasteiger partial charge in [-0.2, -0.15) is 5.26 Å². The first-order chi connectivity index (χ1) is 10.2. The first kappa shape index (κ1) is 14.1. The largest absolute Gasteiger partial charge is 0.372 e. The van der Waals surface area contributed by atoms with Crippen molar-refractivity contribution in [2.75, 3.05) is 6.61 Å². The Bertz CT molecular complexity index is 727. The van der Waals surface area contributed by atoms with Crippen LogP contribution in [-0.2, 0) is 11.2 Å². The Morgan fingerprint density at radius 1 is 1.52 bits per heavy atom. The molecule has 2 aromatic rings. The van der Waals surface area contributed by atoms with E-state index in [1.807, 2.05) is 13.0 Å². The summed E-state index contributed by atoms with van der Waals surface area (Å²) in [7, 11) is 0. The van der Waals surface area contributed by atoms with Gasteiger partial charge in [0.2, 0.25) is 0 Å². The van der Waals surface area contributed by atoms with E-state index >= 15 is 0 Å². The molecular weight excluding hydrogens is 267 g/mol. The number of nitrogens with one attached hydrogen (secondary N) is 1. The quantitative estimate of drug-likeness (QED) is 0.915. The molecule has 1 aliphatic heterocycles. The fraction of sp³-hybridized carbons (Fsp3) is 0.471. The molecule has 0 saturated heterocycles. The lowest BCUT2D eigenvalue weighted by Gasteiger charge is -2.23. The molecule has 1 aliphatic rings. The molecule has 110 valence electrons. The third-order valence-corrected chi connectivity index (χ3v) is 4.29. The van der Waals surface area contributed by atoms with Crippen LogP contribution in [0.25, 0.3) is 10.9 Å². The van der Waals surface area contributed by atoms with Gasteiger partial charge in [-0.05, 0) is 37.0 Å². The molecule has 2 heterocycles. The molecule has 0 saturated carbocycles. The van der Waals surface area contributed by atoms with Crippen molar-refractivity contribution in [3.05, 3.63) is 34.3 Å². The molecule has 0 spiro atoms. The van der Waals surface area contributed by atoms with Crippen LogP contribution in [0.5, 0.6) is 0 Å². The second-order valence-electron chi connectivity index (χ2n) is 5.68. The zero-order chi connectivity index (χ0) is 15.0. The summed E-state index contributed by atoms with van der Waals surface area (Å²) in [6.07, 6.45) is 3.94. The van der Waals surface area contributed by atoms with E-state index in [2.05, 4.69) is 11.9 Å². The molecule has 0 amide bonds. The number of ether oxygens (including phenoxy) is 1. The van der Waals surface area contributed by atoms with Crippen molar-refractivity contribution in [3.8, 4) is 6.07 Å². The molecule has 21 heavy (non-hydrogen) atoms. The summed E-state index contributed by atoms with van der Waals surface area (Å²) >= 11 is 0. The highest BCUT2D eigenvalue weighted by Gasteiger charge is 2.27. The van der Waals surface area contributed by atoms with Gasteiger partial charge in [-0.25, -0.2) is 4.39 Å². The highest BCUT2D eigenvalue weighted by Crippen LogP contribution is 2.38. The summed E-state index contributed by atoms with van der Waals surface area (Å²) in [4.78, 5) is 3.40. The van der Waals surface area contributed by atoms with Crippen molar-refractivity contribution in [2.24, 2.45) is 0 Å². The van der Waals surface area contributed by atoms with Crippen LogP contribution < -0.4 is 0 Å².